The molecule has 3 aromatic rings. The lowest BCUT2D eigenvalue weighted by atomic mass is 10.1. The number of nitrogens with zero attached hydrogens (tertiary/aromatic N) is 3. The number of carbonyl (C=O) groups is 1. The fourth-order valence-electron chi connectivity index (χ4n) is 4.86. The van der Waals surface area contributed by atoms with Gasteiger partial charge < -0.3 is 14.2 Å². The zero-order valence-corrected chi connectivity index (χ0v) is 23.4. The van der Waals surface area contributed by atoms with Crippen molar-refractivity contribution >= 4 is 15.8 Å². The van der Waals surface area contributed by atoms with Gasteiger partial charge in [-0.3, -0.25) is 9.78 Å². The van der Waals surface area contributed by atoms with E-state index in [1.807, 2.05) is 24.3 Å². The average molecular weight is 554 g/mol. The SMILES string of the molecule is COc1cc(C)c(S(=O)(=O)N2CCCCC2COCC(=O)CCc2ccc(Oc3cnccn3)cc2)c(C)c1. The van der Waals surface area contributed by atoms with Crippen LogP contribution in [0.4, 0.5) is 0 Å². The minimum Gasteiger partial charge on any atom is -0.497 e. The summed E-state index contributed by atoms with van der Waals surface area (Å²) >= 11 is 0. The van der Waals surface area contributed by atoms with Crippen molar-refractivity contribution in [3.63, 3.8) is 0 Å². The third-order valence-electron chi connectivity index (χ3n) is 6.76. The quantitative estimate of drug-likeness (QED) is 0.319. The van der Waals surface area contributed by atoms with Gasteiger partial charge in [0, 0.05) is 31.4 Å². The van der Waals surface area contributed by atoms with Gasteiger partial charge in [0.05, 0.1) is 24.8 Å². The van der Waals surface area contributed by atoms with Crippen molar-refractivity contribution in [2.24, 2.45) is 0 Å². The molecule has 208 valence electrons. The normalized spacial score (nSPS) is 16.1. The van der Waals surface area contributed by atoms with Gasteiger partial charge in [-0.05, 0) is 74.1 Å². The van der Waals surface area contributed by atoms with E-state index in [1.165, 1.54) is 6.20 Å². The molecule has 2 aromatic carbocycles. The van der Waals surface area contributed by atoms with Crippen LogP contribution in [0.3, 0.4) is 0 Å². The zero-order chi connectivity index (χ0) is 27.8. The molecule has 1 aromatic heterocycles. The van der Waals surface area contributed by atoms with Gasteiger partial charge in [0.2, 0.25) is 15.9 Å². The van der Waals surface area contributed by atoms with Crippen LogP contribution < -0.4 is 9.47 Å². The summed E-state index contributed by atoms with van der Waals surface area (Å²) in [4.78, 5) is 20.9. The number of aryl methyl sites for hydroxylation is 3. The topological polar surface area (TPSA) is 108 Å². The van der Waals surface area contributed by atoms with E-state index in [-0.39, 0.29) is 25.0 Å². The number of hydrogen-bond acceptors (Lipinski definition) is 8. The maximum absolute atomic E-state index is 13.7. The molecule has 4 rings (SSSR count). The summed E-state index contributed by atoms with van der Waals surface area (Å²) in [5.74, 6) is 1.66. The molecule has 1 unspecified atom stereocenters. The van der Waals surface area contributed by atoms with Crippen molar-refractivity contribution in [1.29, 1.82) is 0 Å². The largest absolute Gasteiger partial charge is 0.497 e. The Morgan fingerprint density at radius 3 is 2.46 bits per heavy atom. The van der Waals surface area contributed by atoms with Crippen molar-refractivity contribution in [2.75, 3.05) is 26.9 Å². The lowest BCUT2D eigenvalue weighted by Gasteiger charge is -2.35. The van der Waals surface area contributed by atoms with Gasteiger partial charge >= 0.3 is 0 Å². The zero-order valence-electron chi connectivity index (χ0n) is 22.6. The van der Waals surface area contributed by atoms with Crippen LogP contribution in [-0.2, 0) is 26.0 Å². The molecule has 9 nitrogen and oxygen atoms in total. The summed E-state index contributed by atoms with van der Waals surface area (Å²) in [5.41, 5.74) is 2.31. The third-order valence-corrected chi connectivity index (χ3v) is 9.02. The fraction of sp³-hybridized carbons (Fsp3) is 0.414. The van der Waals surface area contributed by atoms with E-state index in [1.54, 1.807) is 49.8 Å². The van der Waals surface area contributed by atoms with Gasteiger partial charge in [0.1, 0.15) is 18.1 Å². The minimum absolute atomic E-state index is 0.0260. The highest BCUT2D eigenvalue weighted by Gasteiger charge is 2.35. The summed E-state index contributed by atoms with van der Waals surface area (Å²) in [6, 6.07) is 10.7. The predicted molar refractivity (Wildman–Crippen MR) is 147 cm³/mol. The Hall–Kier alpha value is -3.34. The van der Waals surface area contributed by atoms with Crippen LogP contribution >= 0.6 is 0 Å². The van der Waals surface area contributed by atoms with Gasteiger partial charge in [-0.2, -0.15) is 4.31 Å². The van der Waals surface area contributed by atoms with Crippen molar-refractivity contribution in [1.82, 2.24) is 14.3 Å². The van der Waals surface area contributed by atoms with Gasteiger partial charge in [-0.15, -0.1) is 0 Å². The summed E-state index contributed by atoms with van der Waals surface area (Å²) < 4.78 is 45.6. The van der Waals surface area contributed by atoms with E-state index in [0.717, 1.165) is 18.4 Å². The van der Waals surface area contributed by atoms with Gasteiger partial charge in [0.15, 0.2) is 5.78 Å². The van der Waals surface area contributed by atoms with Crippen LogP contribution in [0.25, 0.3) is 0 Å². The van der Waals surface area contributed by atoms with Crippen molar-refractivity contribution in [3.8, 4) is 17.4 Å². The molecule has 1 atom stereocenters. The van der Waals surface area contributed by atoms with Crippen LogP contribution in [0, 0.1) is 13.8 Å². The van der Waals surface area contributed by atoms with Crippen LogP contribution in [-0.4, -0.2) is 61.4 Å². The molecule has 0 aliphatic carbocycles. The smallest absolute Gasteiger partial charge is 0.243 e. The molecule has 1 aliphatic rings. The Morgan fingerprint density at radius 1 is 1.05 bits per heavy atom. The van der Waals surface area contributed by atoms with E-state index in [4.69, 9.17) is 14.2 Å². The number of benzene rings is 2. The number of sulfonamides is 1. The molecule has 0 saturated carbocycles. The number of methoxy groups -OCH3 is 1. The van der Waals surface area contributed by atoms with Crippen LogP contribution in [0.1, 0.15) is 42.4 Å². The second kappa shape index (κ2) is 13.1. The highest BCUT2D eigenvalue weighted by atomic mass is 32.2. The number of hydrogen-bond donors (Lipinski definition) is 0. The fourth-order valence-corrected chi connectivity index (χ4v) is 6.95. The van der Waals surface area contributed by atoms with E-state index < -0.39 is 10.0 Å². The number of piperidine rings is 1. The number of aromatic nitrogens is 2. The molecular weight excluding hydrogens is 518 g/mol. The molecule has 10 heteroatoms. The highest BCUT2D eigenvalue weighted by Crippen LogP contribution is 2.32. The highest BCUT2D eigenvalue weighted by molar-refractivity contribution is 7.89. The van der Waals surface area contributed by atoms with E-state index in [0.29, 0.717) is 59.2 Å². The van der Waals surface area contributed by atoms with E-state index >= 15 is 0 Å². The number of rotatable bonds is 12. The van der Waals surface area contributed by atoms with Crippen molar-refractivity contribution < 1.29 is 27.4 Å². The molecule has 1 saturated heterocycles. The maximum atomic E-state index is 13.7. The van der Waals surface area contributed by atoms with Crippen LogP contribution in [0.5, 0.6) is 17.4 Å². The van der Waals surface area contributed by atoms with Crippen LogP contribution in [0.15, 0.2) is 59.9 Å². The van der Waals surface area contributed by atoms with E-state index in [2.05, 4.69) is 9.97 Å². The second-order valence-electron chi connectivity index (χ2n) is 9.70. The molecule has 0 bridgehead atoms. The van der Waals surface area contributed by atoms with Crippen molar-refractivity contribution in [2.45, 2.75) is 56.9 Å². The number of ketones is 1. The van der Waals surface area contributed by atoms with Gasteiger partial charge in [0.25, 0.3) is 0 Å². The molecule has 1 fully saturated rings. The van der Waals surface area contributed by atoms with Gasteiger partial charge in [-0.25, -0.2) is 13.4 Å². The molecule has 1 aliphatic heterocycles. The van der Waals surface area contributed by atoms with Crippen molar-refractivity contribution in [3.05, 3.63) is 71.7 Å². The Balaban J connectivity index is 1.28. The van der Waals surface area contributed by atoms with Gasteiger partial charge in [-0.1, -0.05) is 18.6 Å². The molecular formula is C29H35N3O6S. The molecule has 2 heterocycles. The Labute approximate surface area is 230 Å². The predicted octanol–water partition coefficient (Wildman–Crippen LogP) is 4.66. The Morgan fingerprint density at radius 2 is 1.79 bits per heavy atom. The minimum atomic E-state index is -3.72. The molecule has 0 spiro atoms. The average Bonchev–Trinajstić information content (AvgIpc) is 2.93. The lowest BCUT2D eigenvalue weighted by Crippen LogP contribution is -2.46. The third kappa shape index (κ3) is 7.40. The summed E-state index contributed by atoms with van der Waals surface area (Å²) in [6.45, 7) is 4.16. The summed E-state index contributed by atoms with van der Waals surface area (Å²) in [6.07, 6.45) is 8.00. The monoisotopic (exact) mass is 553 g/mol. The number of Topliss-reactive ketones (excluding diaryl/α,β-unsaturated/α-hetero) is 1. The second-order valence-corrected chi connectivity index (χ2v) is 11.5. The standard InChI is InChI=1S/C29H35N3O6S/c1-21-16-27(36-3)17-22(2)29(21)39(34,35)32-15-5-4-6-24(32)19-37-20-25(33)10-7-23-8-11-26(12-9-23)38-28-18-30-13-14-31-28/h8-9,11-14,16-18,24H,4-7,10,15,19-20H2,1-3H3. The number of carbonyl (C=O) groups excluding carboxylic acids is 1. The summed E-state index contributed by atoms with van der Waals surface area (Å²) in [5, 5.41) is 0. The number of ether oxygens (including phenoxy) is 3. The first-order valence-electron chi connectivity index (χ1n) is 13.1. The lowest BCUT2D eigenvalue weighted by molar-refractivity contribution is -0.124. The first kappa shape index (κ1) is 28.7. The molecule has 0 N–H and O–H groups in total. The first-order chi connectivity index (χ1) is 18.8. The van der Waals surface area contributed by atoms with E-state index in [9.17, 15) is 13.2 Å². The van der Waals surface area contributed by atoms with Crippen LogP contribution in [0.2, 0.25) is 0 Å². The molecule has 0 amide bonds. The Kier molecular flexibility index (Phi) is 9.66. The maximum Gasteiger partial charge on any atom is 0.243 e. The first-order valence-corrected chi connectivity index (χ1v) is 14.5. The summed E-state index contributed by atoms with van der Waals surface area (Å²) in [7, 11) is -2.16. The Bertz CT molecular complexity index is 1340. The molecule has 39 heavy (non-hydrogen) atoms. The molecule has 0 radical (unpaired) electrons.